The first-order valence-electron chi connectivity index (χ1n) is 8.00. The van der Waals surface area contributed by atoms with Crippen LogP contribution in [0.1, 0.15) is 22.5 Å². The van der Waals surface area contributed by atoms with E-state index in [-0.39, 0.29) is 0 Å². The zero-order valence-electron chi connectivity index (χ0n) is 14.5. The van der Waals surface area contributed by atoms with Crippen molar-refractivity contribution in [2.75, 3.05) is 10.6 Å². The van der Waals surface area contributed by atoms with Crippen molar-refractivity contribution in [2.45, 2.75) is 20.8 Å². The first kappa shape index (κ1) is 16.5. The molecule has 0 saturated carbocycles. The van der Waals surface area contributed by atoms with Crippen molar-refractivity contribution in [3.63, 3.8) is 0 Å². The molecule has 2 aromatic carbocycles. The van der Waals surface area contributed by atoms with Gasteiger partial charge in [-0.05, 0) is 62.2 Å². The lowest BCUT2D eigenvalue weighted by Crippen LogP contribution is -2.02. The van der Waals surface area contributed by atoms with E-state index in [0.29, 0.717) is 17.2 Å². The predicted octanol–water partition coefficient (Wildman–Crippen LogP) is 4.76. The summed E-state index contributed by atoms with van der Waals surface area (Å²) < 4.78 is 0. The molecule has 124 valence electrons. The van der Waals surface area contributed by atoms with Crippen molar-refractivity contribution >= 4 is 23.0 Å². The molecule has 0 aliphatic rings. The molecule has 25 heavy (non-hydrogen) atoms. The normalized spacial score (nSPS) is 10.2. The fraction of sp³-hybridized carbons (Fsp3) is 0.150. The number of nitrogens with one attached hydrogen (secondary N) is 2. The minimum atomic E-state index is 0.601. The lowest BCUT2D eigenvalue weighted by molar-refractivity contribution is 1.06. The molecule has 0 fully saturated rings. The van der Waals surface area contributed by atoms with Crippen molar-refractivity contribution in [1.29, 1.82) is 5.26 Å². The number of nitriles is 1. The smallest absolute Gasteiger partial charge is 0.136 e. The maximum atomic E-state index is 9.01. The van der Waals surface area contributed by atoms with Crippen LogP contribution in [0.15, 0.2) is 48.5 Å². The molecule has 0 spiro atoms. The van der Waals surface area contributed by atoms with Gasteiger partial charge in [0.05, 0.1) is 11.6 Å². The second-order valence-corrected chi connectivity index (χ2v) is 5.93. The molecule has 0 aliphatic carbocycles. The summed E-state index contributed by atoms with van der Waals surface area (Å²) in [6, 6.07) is 17.5. The Hall–Kier alpha value is -3.39. The number of nitrogens with zero attached hydrogens (tertiary/aromatic N) is 3. The first-order valence-corrected chi connectivity index (χ1v) is 8.00. The molecule has 0 atom stereocenters. The zero-order valence-corrected chi connectivity index (χ0v) is 14.5. The monoisotopic (exact) mass is 329 g/mol. The highest BCUT2D eigenvalue weighted by atomic mass is 15.1. The molecule has 0 saturated heterocycles. The summed E-state index contributed by atoms with van der Waals surface area (Å²) in [5, 5.41) is 15.6. The van der Waals surface area contributed by atoms with Gasteiger partial charge in [-0.15, -0.1) is 0 Å². The van der Waals surface area contributed by atoms with Gasteiger partial charge >= 0.3 is 0 Å². The Labute approximate surface area is 147 Å². The van der Waals surface area contributed by atoms with Crippen LogP contribution in [0, 0.1) is 32.1 Å². The van der Waals surface area contributed by atoms with Gasteiger partial charge in [0.25, 0.3) is 0 Å². The van der Waals surface area contributed by atoms with E-state index in [4.69, 9.17) is 5.26 Å². The molecule has 3 rings (SSSR count). The van der Waals surface area contributed by atoms with Crippen molar-refractivity contribution in [3.05, 3.63) is 71.0 Å². The fourth-order valence-corrected chi connectivity index (χ4v) is 2.48. The van der Waals surface area contributed by atoms with Gasteiger partial charge in [0.2, 0.25) is 0 Å². The standard InChI is InChI=1S/C20H19N5/c1-13-7-8-18(9-14(13)2)25-20-11-19(22-15(3)23-20)24-17-6-4-5-16(10-17)12-21/h4-11H,1-3H3,(H2,22,23,24,25). The van der Waals surface area contributed by atoms with Crippen LogP contribution < -0.4 is 10.6 Å². The number of aryl methyl sites for hydroxylation is 3. The maximum Gasteiger partial charge on any atom is 0.136 e. The summed E-state index contributed by atoms with van der Waals surface area (Å²) in [5.74, 6) is 2.05. The zero-order chi connectivity index (χ0) is 17.8. The van der Waals surface area contributed by atoms with Crippen molar-refractivity contribution < 1.29 is 0 Å². The quantitative estimate of drug-likeness (QED) is 0.722. The molecule has 5 heteroatoms. The topological polar surface area (TPSA) is 73.6 Å². The van der Waals surface area contributed by atoms with Crippen LogP contribution in [0.25, 0.3) is 0 Å². The summed E-state index contributed by atoms with van der Waals surface area (Å²) in [4.78, 5) is 8.85. The van der Waals surface area contributed by atoms with E-state index in [0.717, 1.165) is 17.2 Å². The lowest BCUT2D eigenvalue weighted by Gasteiger charge is -2.11. The van der Waals surface area contributed by atoms with Crippen LogP contribution >= 0.6 is 0 Å². The van der Waals surface area contributed by atoms with Crippen LogP contribution in [-0.4, -0.2) is 9.97 Å². The van der Waals surface area contributed by atoms with Crippen LogP contribution in [0.3, 0.4) is 0 Å². The van der Waals surface area contributed by atoms with E-state index in [1.54, 1.807) is 12.1 Å². The third kappa shape index (κ3) is 4.12. The number of rotatable bonds is 4. The average molecular weight is 329 g/mol. The molecular weight excluding hydrogens is 310 g/mol. The predicted molar refractivity (Wildman–Crippen MR) is 100 cm³/mol. The Kier molecular flexibility index (Phi) is 4.62. The van der Waals surface area contributed by atoms with E-state index in [2.05, 4.69) is 52.7 Å². The van der Waals surface area contributed by atoms with Gasteiger partial charge in [-0.2, -0.15) is 5.26 Å². The molecule has 0 unspecified atom stereocenters. The molecule has 0 radical (unpaired) electrons. The minimum Gasteiger partial charge on any atom is -0.340 e. The molecule has 5 nitrogen and oxygen atoms in total. The van der Waals surface area contributed by atoms with Gasteiger partial charge in [0, 0.05) is 17.4 Å². The fourth-order valence-electron chi connectivity index (χ4n) is 2.48. The van der Waals surface area contributed by atoms with E-state index in [9.17, 15) is 0 Å². The Balaban J connectivity index is 1.84. The Morgan fingerprint density at radius 2 is 1.48 bits per heavy atom. The van der Waals surface area contributed by atoms with Gasteiger partial charge in [0.15, 0.2) is 0 Å². The van der Waals surface area contributed by atoms with Gasteiger partial charge < -0.3 is 10.6 Å². The second-order valence-electron chi connectivity index (χ2n) is 5.93. The molecule has 0 aliphatic heterocycles. The van der Waals surface area contributed by atoms with Crippen molar-refractivity contribution in [3.8, 4) is 6.07 Å². The van der Waals surface area contributed by atoms with Crippen molar-refractivity contribution in [1.82, 2.24) is 9.97 Å². The summed E-state index contributed by atoms with van der Waals surface area (Å²) in [7, 11) is 0. The molecule has 2 N–H and O–H groups in total. The number of hydrogen-bond donors (Lipinski definition) is 2. The van der Waals surface area contributed by atoms with E-state index < -0.39 is 0 Å². The van der Waals surface area contributed by atoms with Crippen LogP contribution in [-0.2, 0) is 0 Å². The molecule has 1 heterocycles. The van der Waals surface area contributed by atoms with E-state index >= 15 is 0 Å². The maximum absolute atomic E-state index is 9.01. The summed E-state index contributed by atoms with van der Waals surface area (Å²) in [6.07, 6.45) is 0. The highest BCUT2D eigenvalue weighted by Gasteiger charge is 2.05. The summed E-state index contributed by atoms with van der Waals surface area (Å²) >= 11 is 0. The van der Waals surface area contributed by atoms with Gasteiger partial charge in [-0.25, -0.2) is 9.97 Å². The highest BCUT2D eigenvalue weighted by molar-refractivity contribution is 5.64. The van der Waals surface area contributed by atoms with Crippen LogP contribution in [0.5, 0.6) is 0 Å². The van der Waals surface area contributed by atoms with E-state index in [1.165, 1.54) is 11.1 Å². The summed E-state index contributed by atoms with van der Waals surface area (Å²) in [6.45, 7) is 6.02. The Morgan fingerprint density at radius 1 is 0.800 bits per heavy atom. The van der Waals surface area contributed by atoms with Crippen LogP contribution in [0.4, 0.5) is 23.0 Å². The second kappa shape index (κ2) is 7.02. The molecule has 0 amide bonds. The van der Waals surface area contributed by atoms with E-state index in [1.807, 2.05) is 31.2 Å². The first-order chi connectivity index (χ1) is 12.0. The SMILES string of the molecule is Cc1nc(Nc2cccc(C#N)c2)cc(Nc2ccc(C)c(C)c2)n1. The van der Waals surface area contributed by atoms with Gasteiger partial charge in [0.1, 0.15) is 17.5 Å². The number of anilines is 4. The third-order valence-corrected chi connectivity index (χ3v) is 3.88. The average Bonchev–Trinajstić information content (AvgIpc) is 2.58. The minimum absolute atomic E-state index is 0.601. The summed E-state index contributed by atoms with van der Waals surface area (Å²) in [5.41, 5.74) is 4.88. The molecule has 0 bridgehead atoms. The lowest BCUT2D eigenvalue weighted by atomic mass is 10.1. The molecule has 3 aromatic rings. The Bertz CT molecular complexity index is 957. The largest absolute Gasteiger partial charge is 0.340 e. The molecular formula is C20H19N5. The highest BCUT2D eigenvalue weighted by Crippen LogP contribution is 2.22. The molecule has 1 aromatic heterocycles. The van der Waals surface area contributed by atoms with Gasteiger partial charge in [-0.1, -0.05) is 12.1 Å². The van der Waals surface area contributed by atoms with Crippen molar-refractivity contribution in [2.24, 2.45) is 0 Å². The number of hydrogen-bond acceptors (Lipinski definition) is 5. The Morgan fingerprint density at radius 3 is 2.12 bits per heavy atom. The van der Waals surface area contributed by atoms with Gasteiger partial charge in [-0.3, -0.25) is 0 Å². The number of benzene rings is 2. The third-order valence-electron chi connectivity index (χ3n) is 3.88. The number of aromatic nitrogens is 2. The van der Waals surface area contributed by atoms with Crippen LogP contribution in [0.2, 0.25) is 0 Å².